The molecule has 0 unspecified atom stereocenters. The lowest BCUT2D eigenvalue weighted by molar-refractivity contribution is -0.387. The van der Waals surface area contributed by atoms with Crippen molar-refractivity contribution in [1.29, 1.82) is 0 Å². The molecule has 1 aromatic heterocycles. The average molecular weight is 466 g/mol. The predicted molar refractivity (Wildman–Crippen MR) is 123 cm³/mol. The van der Waals surface area contributed by atoms with E-state index in [1.165, 1.54) is 25.3 Å². The van der Waals surface area contributed by atoms with Gasteiger partial charge in [-0.1, -0.05) is 18.2 Å². The summed E-state index contributed by atoms with van der Waals surface area (Å²) >= 11 is 0. The van der Waals surface area contributed by atoms with Crippen molar-refractivity contribution in [3.05, 3.63) is 56.1 Å². The number of hydrogen-bond donors (Lipinski definition) is 3. The molecule has 1 heterocycles. The summed E-state index contributed by atoms with van der Waals surface area (Å²) < 4.78 is 5.67. The summed E-state index contributed by atoms with van der Waals surface area (Å²) in [5.41, 5.74) is -1.32. The summed E-state index contributed by atoms with van der Waals surface area (Å²) in [7, 11) is 0. The molecule has 2 aromatic rings. The molecule has 0 spiro atoms. The molecule has 4 saturated carbocycles. The van der Waals surface area contributed by atoms with Crippen LogP contribution in [0.1, 0.15) is 49.9 Å². The standard InChI is InChI=1S/C24H26N4O6/c29-20(27-24-10-15-7-16(11-24)9-17(8-15)12-24)13-34-18-4-1-14(2-5-18)3-6-19-25-22(30)21(28(32)33)23(31)26-19/h1-6,15-17H,7-13H2,(H,27,29)(H2,25,26,30,31)/b6-3+. The number of amides is 1. The summed E-state index contributed by atoms with van der Waals surface area (Å²) in [6, 6.07) is 6.96. The molecule has 4 bridgehead atoms. The first-order chi connectivity index (χ1) is 16.3. The van der Waals surface area contributed by atoms with E-state index in [4.69, 9.17) is 4.74 Å². The number of carbonyl (C=O) groups is 1. The summed E-state index contributed by atoms with van der Waals surface area (Å²) in [4.78, 5) is 39.9. The van der Waals surface area contributed by atoms with Crippen molar-refractivity contribution in [2.45, 2.75) is 44.1 Å². The molecular weight excluding hydrogens is 440 g/mol. The Morgan fingerprint density at radius 2 is 1.79 bits per heavy atom. The van der Waals surface area contributed by atoms with E-state index in [0.29, 0.717) is 5.75 Å². The first kappa shape index (κ1) is 22.1. The highest BCUT2D eigenvalue weighted by molar-refractivity contribution is 5.78. The van der Waals surface area contributed by atoms with Crippen LogP contribution in [0.2, 0.25) is 0 Å². The van der Waals surface area contributed by atoms with Gasteiger partial charge in [0.1, 0.15) is 11.6 Å². The molecular formula is C24H26N4O6. The molecule has 1 amide bonds. The molecule has 34 heavy (non-hydrogen) atoms. The topological polar surface area (TPSA) is 147 Å². The Labute approximate surface area is 195 Å². The van der Waals surface area contributed by atoms with Crippen molar-refractivity contribution in [3.63, 3.8) is 0 Å². The lowest BCUT2D eigenvalue weighted by Gasteiger charge is -2.56. The van der Waals surface area contributed by atoms with Crippen LogP contribution in [-0.4, -0.2) is 38.1 Å². The summed E-state index contributed by atoms with van der Waals surface area (Å²) in [6.45, 7) is -0.0375. The van der Waals surface area contributed by atoms with Gasteiger partial charge in [-0.15, -0.1) is 0 Å². The third kappa shape index (κ3) is 4.52. The number of ether oxygens (including phenoxy) is 1. The third-order valence-corrected chi connectivity index (χ3v) is 7.20. The molecule has 0 saturated heterocycles. The van der Waals surface area contributed by atoms with Crippen molar-refractivity contribution < 1.29 is 19.6 Å². The van der Waals surface area contributed by atoms with E-state index >= 15 is 0 Å². The molecule has 0 atom stereocenters. The lowest BCUT2D eigenvalue weighted by Crippen LogP contribution is -2.60. The van der Waals surface area contributed by atoms with Crippen molar-refractivity contribution >= 4 is 23.7 Å². The lowest BCUT2D eigenvalue weighted by atomic mass is 9.53. The first-order valence-electron chi connectivity index (χ1n) is 11.5. The molecule has 10 nitrogen and oxygen atoms in total. The van der Waals surface area contributed by atoms with E-state index in [0.717, 1.165) is 42.6 Å². The van der Waals surface area contributed by atoms with Crippen LogP contribution in [-0.2, 0) is 4.79 Å². The van der Waals surface area contributed by atoms with Crippen LogP contribution in [0.25, 0.3) is 12.2 Å². The SMILES string of the molecule is O=C(COc1ccc(/C=C/c2nc(O)c([N+](=O)[O-])c(=O)[nH]2)cc1)NC12CC3CC(CC(C3)C1)C2. The van der Waals surface area contributed by atoms with E-state index in [9.17, 15) is 24.8 Å². The number of nitrogens with one attached hydrogen (secondary N) is 2. The molecule has 1 aromatic carbocycles. The van der Waals surface area contributed by atoms with Crippen molar-refractivity contribution in [2.24, 2.45) is 17.8 Å². The minimum absolute atomic E-state index is 0.0187. The van der Waals surface area contributed by atoms with E-state index in [-0.39, 0.29) is 23.9 Å². The Morgan fingerprint density at radius 1 is 1.18 bits per heavy atom. The minimum Gasteiger partial charge on any atom is -0.488 e. The fourth-order valence-corrected chi connectivity index (χ4v) is 6.31. The zero-order valence-corrected chi connectivity index (χ0v) is 18.5. The Kier molecular flexibility index (Phi) is 5.59. The van der Waals surface area contributed by atoms with Crippen molar-refractivity contribution in [2.75, 3.05) is 6.61 Å². The molecule has 6 rings (SSSR count). The van der Waals surface area contributed by atoms with Crippen LogP contribution in [0.5, 0.6) is 11.6 Å². The largest absolute Gasteiger partial charge is 0.488 e. The molecule has 4 aliphatic carbocycles. The fourth-order valence-electron chi connectivity index (χ4n) is 6.31. The number of nitro groups is 1. The van der Waals surface area contributed by atoms with Crippen LogP contribution in [0.15, 0.2) is 29.1 Å². The highest BCUT2D eigenvalue weighted by Crippen LogP contribution is 2.55. The van der Waals surface area contributed by atoms with E-state index in [2.05, 4.69) is 15.3 Å². The zero-order chi connectivity index (χ0) is 23.9. The van der Waals surface area contributed by atoms with E-state index in [1.54, 1.807) is 30.3 Å². The molecule has 0 aliphatic heterocycles. The van der Waals surface area contributed by atoms with Gasteiger partial charge in [0, 0.05) is 5.54 Å². The van der Waals surface area contributed by atoms with Crippen LogP contribution in [0.4, 0.5) is 5.69 Å². The van der Waals surface area contributed by atoms with E-state index < -0.39 is 22.0 Å². The van der Waals surface area contributed by atoms with Crippen LogP contribution < -0.4 is 15.6 Å². The smallest absolute Gasteiger partial charge is 0.395 e. The van der Waals surface area contributed by atoms with Crippen molar-refractivity contribution in [3.8, 4) is 11.6 Å². The Hall–Kier alpha value is -3.69. The van der Waals surface area contributed by atoms with Gasteiger partial charge in [-0.05, 0) is 80.1 Å². The average Bonchev–Trinajstić information content (AvgIpc) is 2.75. The third-order valence-electron chi connectivity index (χ3n) is 7.20. The van der Waals surface area contributed by atoms with Gasteiger partial charge in [-0.3, -0.25) is 19.7 Å². The van der Waals surface area contributed by atoms with Gasteiger partial charge in [0.2, 0.25) is 0 Å². The van der Waals surface area contributed by atoms with Gasteiger partial charge in [-0.25, -0.2) is 0 Å². The first-order valence-corrected chi connectivity index (χ1v) is 11.5. The Balaban J connectivity index is 1.16. The predicted octanol–water partition coefficient (Wildman–Crippen LogP) is 3.02. The highest BCUT2D eigenvalue weighted by atomic mass is 16.6. The number of aromatic amines is 1. The van der Waals surface area contributed by atoms with Gasteiger partial charge in [0.05, 0.1) is 4.92 Å². The number of hydrogen-bond acceptors (Lipinski definition) is 7. The molecule has 4 fully saturated rings. The second kappa shape index (κ2) is 8.58. The summed E-state index contributed by atoms with van der Waals surface area (Å²) in [5, 5.41) is 23.6. The maximum absolute atomic E-state index is 12.6. The van der Waals surface area contributed by atoms with Gasteiger partial charge in [-0.2, -0.15) is 4.98 Å². The number of aromatic nitrogens is 2. The number of benzene rings is 1. The Bertz CT molecular complexity index is 1170. The molecule has 0 radical (unpaired) electrons. The molecule has 3 N–H and O–H groups in total. The maximum atomic E-state index is 12.6. The van der Waals surface area contributed by atoms with Gasteiger partial charge >= 0.3 is 11.2 Å². The quantitative estimate of drug-likeness (QED) is 0.420. The van der Waals surface area contributed by atoms with Crippen LogP contribution in [0, 0.1) is 27.9 Å². The number of rotatable bonds is 7. The maximum Gasteiger partial charge on any atom is 0.395 e. The normalized spacial score (nSPS) is 27.1. The zero-order valence-electron chi connectivity index (χ0n) is 18.5. The Morgan fingerprint density at radius 3 is 2.35 bits per heavy atom. The minimum atomic E-state index is -1.03. The van der Waals surface area contributed by atoms with Crippen LogP contribution >= 0.6 is 0 Å². The molecule has 178 valence electrons. The van der Waals surface area contributed by atoms with Crippen LogP contribution in [0.3, 0.4) is 0 Å². The number of carbonyl (C=O) groups excluding carboxylic acids is 1. The van der Waals surface area contributed by atoms with Gasteiger partial charge < -0.3 is 20.1 Å². The summed E-state index contributed by atoms with van der Waals surface area (Å²) in [5.74, 6) is 1.79. The monoisotopic (exact) mass is 466 g/mol. The number of nitrogens with zero attached hydrogens (tertiary/aromatic N) is 2. The second-order valence-electron chi connectivity index (χ2n) is 9.82. The van der Waals surface area contributed by atoms with Crippen molar-refractivity contribution in [1.82, 2.24) is 15.3 Å². The highest BCUT2D eigenvalue weighted by Gasteiger charge is 2.51. The van der Waals surface area contributed by atoms with E-state index in [1.807, 2.05) is 0 Å². The van der Waals surface area contributed by atoms with Gasteiger partial charge in [0.15, 0.2) is 6.61 Å². The number of H-pyrrole nitrogens is 1. The summed E-state index contributed by atoms with van der Waals surface area (Å²) in [6.07, 6.45) is 10.3. The fraction of sp³-hybridized carbons (Fsp3) is 0.458. The molecule has 10 heteroatoms. The number of aromatic hydroxyl groups is 1. The van der Waals surface area contributed by atoms with Gasteiger partial charge in [0.25, 0.3) is 11.8 Å². The molecule has 4 aliphatic rings. The second-order valence-corrected chi connectivity index (χ2v) is 9.82.